The standard InChI is InChI=1S/C14H25NO/c1-9(8-16-2)15-14-7-10-6-13(14)12-5-3-4-11(10)12/h9-15H,3-8H2,1-2H3. The van der Waals surface area contributed by atoms with Crippen LogP contribution in [0.2, 0.25) is 0 Å². The first-order chi connectivity index (χ1) is 7.79. The Hall–Kier alpha value is -0.0800. The summed E-state index contributed by atoms with van der Waals surface area (Å²) in [6, 6.07) is 1.32. The van der Waals surface area contributed by atoms with Crippen LogP contribution in [-0.4, -0.2) is 25.8 Å². The third kappa shape index (κ3) is 1.70. The van der Waals surface area contributed by atoms with Crippen molar-refractivity contribution < 1.29 is 4.74 Å². The Morgan fingerprint density at radius 1 is 1.19 bits per heavy atom. The molecule has 92 valence electrons. The lowest BCUT2D eigenvalue weighted by atomic mass is 9.79. The lowest BCUT2D eigenvalue weighted by molar-refractivity contribution is 0.144. The van der Waals surface area contributed by atoms with Crippen LogP contribution in [0.3, 0.4) is 0 Å². The average molecular weight is 223 g/mol. The Morgan fingerprint density at radius 3 is 2.81 bits per heavy atom. The van der Waals surface area contributed by atoms with Gasteiger partial charge >= 0.3 is 0 Å². The zero-order chi connectivity index (χ0) is 11.1. The van der Waals surface area contributed by atoms with Gasteiger partial charge in [-0.05, 0) is 56.3 Å². The van der Waals surface area contributed by atoms with Crippen molar-refractivity contribution in [3.05, 3.63) is 0 Å². The van der Waals surface area contributed by atoms with E-state index in [0.29, 0.717) is 6.04 Å². The van der Waals surface area contributed by atoms with Gasteiger partial charge in [-0.25, -0.2) is 0 Å². The molecule has 0 aromatic rings. The van der Waals surface area contributed by atoms with E-state index in [1.165, 1.54) is 32.1 Å². The molecule has 6 atom stereocenters. The monoisotopic (exact) mass is 223 g/mol. The maximum atomic E-state index is 5.22. The molecule has 0 radical (unpaired) electrons. The van der Waals surface area contributed by atoms with Gasteiger partial charge in [0.15, 0.2) is 0 Å². The average Bonchev–Trinajstić information content (AvgIpc) is 2.86. The quantitative estimate of drug-likeness (QED) is 0.790. The van der Waals surface area contributed by atoms with Crippen LogP contribution in [0.1, 0.15) is 39.0 Å². The maximum absolute atomic E-state index is 5.22. The van der Waals surface area contributed by atoms with Crippen molar-refractivity contribution in [2.75, 3.05) is 13.7 Å². The predicted octanol–water partition coefficient (Wildman–Crippen LogP) is 2.44. The van der Waals surface area contributed by atoms with Crippen molar-refractivity contribution in [3.8, 4) is 0 Å². The van der Waals surface area contributed by atoms with Crippen LogP contribution in [0.25, 0.3) is 0 Å². The molecule has 1 N–H and O–H groups in total. The normalized spacial score (nSPS) is 47.2. The van der Waals surface area contributed by atoms with E-state index in [-0.39, 0.29) is 0 Å². The second-order valence-corrected chi connectivity index (χ2v) is 6.28. The van der Waals surface area contributed by atoms with Gasteiger partial charge in [0, 0.05) is 19.2 Å². The molecule has 3 aliphatic carbocycles. The second kappa shape index (κ2) is 4.30. The Bertz CT molecular complexity index is 255. The molecule has 2 bridgehead atoms. The molecule has 0 aromatic carbocycles. The number of rotatable bonds is 4. The van der Waals surface area contributed by atoms with Gasteiger partial charge in [-0.2, -0.15) is 0 Å². The maximum Gasteiger partial charge on any atom is 0.0613 e. The number of hydrogen-bond donors (Lipinski definition) is 1. The van der Waals surface area contributed by atoms with Gasteiger partial charge in [0.25, 0.3) is 0 Å². The third-order valence-corrected chi connectivity index (χ3v) is 5.34. The fourth-order valence-corrected chi connectivity index (χ4v) is 4.92. The predicted molar refractivity (Wildman–Crippen MR) is 65.3 cm³/mol. The molecule has 0 aliphatic heterocycles. The largest absolute Gasteiger partial charge is 0.383 e. The fourth-order valence-electron chi connectivity index (χ4n) is 4.92. The van der Waals surface area contributed by atoms with Crippen LogP contribution in [-0.2, 0) is 4.74 Å². The smallest absolute Gasteiger partial charge is 0.0613 e. The summed E-state index contributed by atoms with van der Waals surface area (Å²) in [6.07, 6.45) is 7.52. The lowest BCUT2D eigenvalue weighted by Crippen LogP contribution is -2.45. The van der Waals surface area contributed by atoms with E-state index in [0.717, 1.165) is 36.3 Å². The van der Waals surface area contributed by atoms with Gasteiger partial charge in [-0.3, -0.25) is 0 Å². The molecule has 0 amide bonds. The highest BCUT2D eigenvalue weighted by atomic mass is 16.5. The number of fused-ring (bicyclic) bond motifs is 5. The fraction of sp³-hybridized carbons (Fsp3) is 1.00. The molecule has 0 spiro atoms. The van der Waals surface area contributed by atoms with E-state index < -0.39 is 0 Å². The zero-order valence-corrected chi connectivity index (χ0v) is 10.6. The van der Waals surface area contributed by atoms with Gasteiger partial charge in [-0.1, -0.05) is 6.42 Å². The Morgan fingerprint density at radius 2 is 2.00 bits per heavy atom. The van der Waals surface area contributed by atoms with Crippen molar-refractivity contribution in [2.24, 2.45) is 23.7 Å². The highest BCUT2D eigenvalue weighted by Crippen LogP contribution is 2.58. The summed E-state index contributed by atoms with van der Waals surface area (Å²) in [5, 5.41) is 3.80. The minimum atomic E-state index is 0.522. The molecule has 3 rings (SSSR count). The molecule has 3 fully saturated rings. The van der Waals surface area contributed by atoms with Crippen molar-refractivity contribution >= 4 is 0 Å². The first-order valence-electron chi connectivity index (χ1n) is 7.04. The summed E-state index contributed by atoms with van der Waals surface area (Å²) in [4.78, 5) is 0. The number of nitrogens with one attached hydrogen (secondary N) is 1. The summed E-state index contributed by atoms with van der Waals surface area (Å²) in [5.41, 5.74) is 0. The Labute approximate surface area is 99.1 Å². The van der Waals surface area contributed by atoms with Crippen LogP contribution in [0.5, 0.6) is 0 Å². The molecule has 2 nitrogen and oxygen atoms in total. The van der Waals surface area contributed by atoms with Crippen LogP contribution >= 0.6 is 0 Å². The van der Waals surface area contributed by atoms with E-state index >= 15 is 0 Å². The van der Waals surface area contributed by atoms with Gasteiger partial charge < -0.3 is 10.1 Å². The number of methoxy groups -OCH3 is 1. The first-order valence-corrected chi connectivity index (χ1v) is 7.04. The summed E-state index contributed by atoms with van der Waals surface area (Å²) in [6.45, 7) is 3.10. The molecular formula is C14H25NO. The van der Waals surface area contributed by atoms with Crippen molar-refractivity contribution in [1.29, 1.82) is 0 Å². The van der Waals surface area contributed by atoms with E-state index in [1.54, 1.807) is 7.11 Å². The van der Waals surface area contributed by atoms with Crippen LogP contribution < -0.4 is 5.32 Å². The molecule has 6 unspecified atom stereocenters. The SMILES string of the molecule is COCC(C)NC1CC2CC1C1CCCC21. The third-order valence-electron chi connectivity index (χ3n) is 5.34. The lowest BCUT2D eigenvalue weighted by Gasteiger charge is -2.33. The molecule has 2 heteroatoms. The molecule has 3 saturated carbocycles. The van der Waals surface area contributed by atoms with E-state index in [1.807, 2.05) is 0 Å². The van der Waals surface area contributed by atoms with Crippen molar-refractivity contribution in [2.45, 2.75) is 51.1 Å². The highest BCUT2D eigenvalue weighted by molar-refractivity contribution is 5.05. The molecule has 0 aromatic heterocycles. The zero-order valence-electron chi connectivity index (χ0n) is 10.6. The molecule has 0 saturated heterocycles. The minimum Gasteiger partial charge on any atom is -0.383 e. The summed E-state index contributed by atoms with van der Waals surface area (Å²) < 4.78 is 5.22. The Kier molecular flexibility index (Phi) is 2.97. The number of hydrogen-bond acceptors (Lipinski definition) is 2. The second-order valence-electron chi connectivity index (χ2n) is 6.28. The molecule has 16 heavy (non-hydrogen) atoms. The van der Waals surface area contributed by atoms with E-state index in [4.69, 9.17) is 4.74 Å². The van der Waals surface area contributed by atoms with Crippen LogP contribution in [0.4, 0.5) is 0 Å². The highest BCUT2D eigenvalue weighted by Gasteiger charge is 2.53. The van der Waals surface area contributed by atoms with Gasteiger partial charge in [0.1, 0.15) is 0 Å². The summed E-state index contributed by atoms with van der Waals surface area (Å²) >= 11 is 0. The van der Waals surface area contributed by atoms with E-state index in [9.17, 15) is 0 Å². The van der Waals surface area contributed by atoms with Crippen molar-refractivity contribution in [1.82, 2.24) is 5.32 Å². The van der Waals surface area contributed by atoms with Crippen molar-refractivity contribution in [3.63, 3.8) is 0 Å². The van der Waals surface area contributed by atoms with E-state index in [2.05, 4.69) is 12.2 Å². The summed E-state index contributed by atoms with van der Waals surface area (Å²) in [7, 11) is 1.80. The minimum absolute atomic E-state index is 0.522. The van der Waals surface area contributed by atoms with Gasteiger partial charge in [-0.15, -0.1) is 0 Å². The van der Waals surface area contributed by atoms with Crippen LogP contribution in [0, 0.1) is 23.7 Å². The molecule has 0 heterocycles. The van der Waals surface area contributed by atoms with Crippen LogP contribution in [0.15, 0.2) is 0 Å². The van der Waals surface area contributed by atoms with Gasteiger partial charge in [0.2, 0.25) is 0 Å². The Balaban J connectivity index is 1.59. The van der Waals surface area contributed by atoms with Gasteiger partial charge in [0.05, 0.1) is 6.61 Å². The number of ether oxygens (including phenoxy) is 1. The molecule has 3 aliphatic rings. The molecular weight excluding hydrogens is 198 g/mol. The topological polar surface area (TPSA) is 21.3 Å². The first kappa shape index (κ1) is 11.0. The summed E-state index contributed by atoms with van der Waals surface area (Å²) in [5.74, 6) is 4.24.